The summed E-state index contributed by atoms with van der Waals surface area (Å²) in [5.74, 6) is 0.948. The molecule has 0 bridgehead atoms. The minimum atomic E-state index is -0.572. The number of nitrogens with zero attached hydrogens (tertiary/aromatic N) is 3. The first-order valence-corrected chi connectivity index (χ1v) is 11.9. The Bertz CT molecular complexity index is 1480. The van der Waals surface area contributed by atoms with E-state index >= 15 is 0 Å². The molecule has 6 nitrogen and oxygen atoms in total. The topological polar surface area (TPSA) is 67.5 Å². The van der Waals surface area contributed by atoms with Gasteiger partial charge in [0.15, 0.2) is 17.3 Å². The van der Waals surface area contributed by atoms with Crippen molar-refractivity contribution in [3.05, 3.63) is 95.2 Å². The molecule has 180 valence electrons. The van der Waals surface area contributed by atoms with Gasteiger partial charge < -0.3 is 14.0 Å². The summed E-state index contributed by atoms with van der Waals surface area (Å²) >= 11 is 0. The van der Waals surface area contributed by atoms with Crippen LogP contribution in [0.1, 0.15) is 38.2 Å². The number of anilines is 1. The number of benzene rings is 2. The number of aromatic nitrogens is 1. The van der Waals surface area contributed by atoms with Crippen LogP contribution in [0, 0.1) is 22.6 Å². The molecule has 1 aliphatic carbocycles. The van der Waals surface area contributed by atoms with E-state index in [-0.39, 0.29) is 23.8 Å². The number of carbonyl (C=O) groups is 1. The fraction of sp³-hybridized carbons (Fsp3) is 0.241. The van der Waals surface area contributed by atoms with Gasteiger partial charge in [0.25, 0.3) is 0 Å². The molecular weight excluding hydrogens is 457 g/mol. The van der Waals surface area contributed by atoms with Gasteiger partial charge in [-0.15, -0.1) is 0 Å². The number of ether oxygens (including phenoxy) is 2. The number of hydrogen-bond donors (Lipinski definition) is 0. The molecule has 0 unspecified atom stereocenters. The van der Waals surface area contributed by atoms with Gasteiger partial charge in [-0.2, -0.15) is 5.26 Å². The van der Waals surface area contributed by atoms with Gasteiger partial charge in [0, 0.05) is 35.8 Å². The van der Waals surface area contributed by atoms with E-state index in [0.29, 0.717) is 47.0 Å². The number of rotatable bonds is 3. The predicted molar refractivity (Wildman–Crippen MR) is 132 cm³/mol. The van der Waals surface area contributed by atoms with Gasteiger partial charge >= 0.3 is 0 Å². The highest BCUT2D eigenvalue weighted by Gasteiger charge is 2.45. The molecule has 3 aliphatic rings. The van der Waals surface area contributed by atoms with E-state index in [9.17, 15) is 14.4 Å². The molecule has 7 heteroatoms. The summed E-state index contributed by atoms with van der Waals surface area (Å²) in [5.41, 5.74) is 3.06. The van der Waals surface area contributed by atoms with Gasteiger partial charge in [-0.25, -0.2) is 4.39 Å². The van der Waals surface area contributed by atoms with E-state index in [0.717, 1.165) is 11.3 Å². The summed E-state index contributed by atoms with van der Waals surface area (Å²) in [6.45, 7) is 4.29. The second-order valence-electron chi connectivity index (χ2n) is 10.1. The SMILES string of the molecule is CC1(C)CC(=O)C2=C(C1)N(c1ccc(F)cc1)C(n1cccc1)=C(C#N)[C@H]2c1ccc2c(c1)OCO2. The van der Waals surface area contributed by atoms with Crippen molar-refractivity contribution in [1.82, 2.24) is 4.57 Å². The molecule has 3 heterocycles. The lowest BCUT2D eigenvalue weighted by Gasteiger charge is -2.45. The van der Waals surface area contributed by atoms with Crippen molar-refractivity contribution in [2.75, 3.05) is 11.7 Å². The molecule has 1 atom stereocenters. The summed E-state index contributed by atoms with van der Waals surface area (Å²) in [7, 11) is 0. The van der Waals surface area contributed by atoms with Crippen LogP contribution in [0.2, 0.25) is 0 Å². The maximum Gasteiger partial charge on any atom is 0.231 e. The number of fused-ring (bicyclic) bond motifs is 1. The first-order chi connectivity index (χ1) is 17.4. The standard InChI is InChI=1S/C29H24FN3O3/c1-29(2)14-22-27(23(34)15-29)26(18-5-10-24-25(13-18)36-17-35-24)21(16-31)28(32-11-3-4-12-32)33(22)20-8-6-19(30)7-9-20/h3-13,26H,14-15,17H2,1-2H3/t26-/m1/s1. The first-order valence-electron chi connectivity index (χ1n) is 11.9. The summed E-state index contributed by atoms with van der Waals surface area (Å²) < 4.78 is 26.9. The van der Waals surface area contributed by atoms with E-state index in [4.69, 9.17) is 9.47 Å². The number of hydrogen-bond acceptors (Lipinski definition) is 5. The van der Waals surface area contributed by atoms with Gasteiger partial charge in [0.2, 0.25) is 6.79 Å². The molecule has 0 amide bonds. The largest absolute Gasteiger partial charge is 0.454 e. The maximum atomic E-state index is 13.9. The summed E-state index contributed by atoms with van der Waals surface area (Å²) in [4.78, 5) is 15.8. The number of Topliss-reactive ketones (excluding diaryl/α,β-unsaturated/α-hetero) is 1. The van der Waals surface area contributed by atoms with Crippen LogP contribution in [0.3, 0.4) is 0 Å². The Hall–Kier alpha value is -4.31. The lowest BCUT2D eigenvalue weighted by atomic mass is 9.68. The number of halogens is 1. The lowest BCUT2D eigenvalue weighted by molar-refractivity contribution is -0.118. The molecule has 3 aromatic rings. The monoisotopic (exact) mass is 481 g/mol. The zero-order valence-corrected chi connectivity index (χ0v) is 20.0. The van der Waals surface area contributed by atoms with Crippen LogP contribution >= 0.6 is 0 Å². The van der Waals surface area contributed by atoms with Crippen LogP contribution in [-0.4, -0.2) is 17.1 Å². The van der Waals surface area contributed by atoms with Crippen molar-refractivity contribution in [3.8, 4) is 17.6 Å². The maximum absolute atomic E-state index is 13.9. The van der Waals surface area contributed by atoms with E-state index in [1.165, 1.54) is 12.1 Å². The Balaban J connectivity index is 1.66. The number of ketones is 1. The fourth-order valence-corrected chi connectivity index (χ4v) is 5.49. The van der Waals surface area contributed by atoms with Crippen molar-refractivity contribution in [3.63, 3.8) is 0 Å². The number of nitriles is 1. The van der Waals surface area contributed by atoms with Crippen LogP contribution in [0.25, 0.3) is 5.82 Å². The van der Waals surface area contributed by atoms with Gasteiger partial charge in [0.05, 0.1) is 17.6 Å². The van der Waals surface area contributed by atoms with Crippen molar-refractivity contribution >= 4 is 17.3 Å². The minimum Gasteiger partial charge on any atom is -0.454 e. The van der Waals surface area contributed by atoms with E-state index in [2.05, 4.69) is 19.9 Å². The zero-order valence-electron chi connectivity index (χ0n) is 20.0. The van der Waals surface area contributed by atoms with Gasteiger partial charge in [0.1, 0.15) is 11.6 Å². The van der Waals surface area contributed by atoms with Crippen molar-refractivity contribution in [1.29, 1.82) is 5.26 Å². The van der Waals surface area contributed by atoms with Crippen LogP contribution in [0.4, 0.5) is 10.1 Å². The average molecular weight is 482 g/mol. The second-order valence-corrected chi connectivity index (χ2v) is 10.1. The molecule has 0 saturated carbocycles. The Morgan fingerprint density at radius 1 is 1.03 bits per heavy atom. The van der Waals surface area contributed by atoms with Gasteiger partial charge in [-0.3, -0.25) is 9.69 Å². The highest BCUT2D eigenvalue weighted by Crippen LogP contribution is 2.52. The Morgan fingerprint density at radius 3 is 2.47 bits per heavy atom. The summed E-state index contributed by atoms with van der Waals surface area (Å²) in [6.07, 6.45) is 4.75. The average Bonchev–Trinajstić information content (AvgIpc) is 3.54. The molecular formula is C29H24FN3O3. The smallest absolute Gasteiger partial charge is 0.231 e. The fourth-order valence-electron chi connectivity index (χ4n) is 5.49. The van der Waals surface area contributed by atoms with Crippen LogP contribution < -0.4 is 14.4 Å². The highest BCUT2D eigenvalue weighted by molar-refractivity contribution is 6.03. The van der Waals surface area contributed by atoms with Crippen LogP contribution in [-0.2, 0) is 4.79 Å². The molecule has 0 N–H and O–H groups in total. The Morgan fingerprint density at radius 2 is 1.75 bits per heavy atom. The summed E-state index contributed by atoms with van der Waals surface area (Å²) in [5, 5.41) is 10.6. The van der Waals surface area contributed by atoms with Crippen LogP contribution in [0.5, 0.6) is 11.5 Å². The lowest BCUT2D eigenvalue weighted by Crippen LogP contribution is -2.40. The van der Waals surface area contributed by atoms with E-state index < -0.39 is 5.92 Å². The van der Waals surface area contributed by atoms with Crippen molar-refractivity contribution < 1.29 is 18.7 Å². The molecule has 0 spiro atoms. The predicted octanol–water partition coefficient (Wildman–Crippen LogP) is 6.00. The number of carbonyl (C=O) groups excluding carboxylic acids is 1. The van der Waals surface area contributed by atoms with Gasteiger partial charge in [-0.1, -0.05) is 19.9 Å². The number of allylic oxidation sites excluding steroid dienone is 3. The molecule has 2 aliphatic heterocycles. The van der Waals surface area contributed by atoms with Crippen LogP contribution in [0.15, 0.2) is 83.8 Å². The Labute approximate surface area is 208 Å². The normalized spacial score (nSPS) is 20.4. The quantitative estimate of drug-likeness (QED) is 0.459. The zero-order chi connectivity index (χ0) is 25.0. The molecule has 0 fully saturated rings. The van der Waals surface area contributed by atoms with E-state index in [1.54, 1.807) is 12.1 Å². The third kappa shape index (κ3) is 3.49. The molecule has 1 aromatic heterocycles. The molecule has 36 heavy (non-hydrogen) atoms. The molecule has 6 rings (SSSR count). The Kier molecular flexibility index (Phi) is 5.01. The molecule has 0 radical (unpaired) electrons. The highest BCUT2D eigenvalue weighted by atomic mass is 19.1. The third-order valence-electron chi connectivity index (χ3n) is 6.98. The third-order valence-corrected chi connectivity index (χ3v) is 6.98. The van der Waals surface area contributed by atoms with E-state index in [1.807, 2.05) is 52.2 Å². The first kappa shape index (κ1) is 22.2. The minimum absolute atomic E-state index is 0.00957. The summed E-state index contributed by atoms with van der Waals surface area (Å²) in [6, 6.07) is 18.0. The molecule has 0 saturated heterocycles. The van der Waals surface area contributed by atoms with Crippen molar-refractivity contribution in [2.24, 2.45) is 5.41 Å². The molecule has 2 aromatic carbocycles. The van der Waals surface area contributed by atoms with Gasteiger partial charge in [-0.05, 0) is 65.9 Å². The van der Waals surface area contributed by atoms with Crippen molar-refractivity contribution in [2.45, 2.75) is 32.6 Å². The second kappa shape index (κ2) is 8.13.